The Bertz CT molecular complexity index is 1130. The van der Waals surface area contributed by atoms with Crippen LogP contribution in [0.2, 0.25) is 5.02 Å². The first-order valence-corrected chi connectivity index (χ1v) is 11.8. The number of anilines is 1. The first kappa shape index (κ1) is 24.9. The van der Waals surface area contributed by atoms with Gasteiger partial charge in [0, 0.05) is 18.7 Å². The fourth-order valence-corrected chi connectivity index (χ4v) is 4.27. The van der Waals surface area contributed by atoms with Crippen LogP contribution in [0.5, 0.6) is 11.6 Å². The van der Waals surface area contributed by atoms with Crippen LogP contribution < -0.4 is 15.4 Å². The van der Waals surface area contributed by atoms with Crippen molar-refractivity contribution in [3.63, 3.8) is 0 Å². The van der Waals surface area contributed by atoms with Crippen molar-refractivity contribution in [1.82, 2.24) is 10.3 Å². The molecule has 2 N–H and O–H groups in total. The van der Waals surface area contributed by atoms with Crippen molar-refractivity contribution < 1.29 is 22.7 Å². The summed E-state index contributed by atoms with van der Waals surface area (Å²) in [6.45, 7) is 0.765. The molecule has 1 amide bonds. The third kappa shape index (κ3) is 6.88. The maximum atomic E-state index is 13.0. The number of carbonyl (C=O) groups excluding carboxylic acids is 1. The highest BCUT2D eigenvalue weighted by Crippen LogP contribution is 2.32. The van der Waals surface area contributed by atoms with E-state index in [0.717, 1.165) is 61.9 Å². The van der Waals surface area contributed by atoms with Crippen molar-refractivity contribution >= 4 is 23.2 Å². The summed E-state index contributed by atoms with van der Waals surface area (Å²) in [7, 11) is 0. The van der Waals surface area contributed by atoms with Crippen LogP contribution in [0.15, 0.2) is 66.9 Å². The SMILES string of the molecule is O=C(N[C@H]1CC[C@H](CNc2ccc(Oc3ccccc3)nc2)CC1)c1cc(C(F)(F)F)ccc1Cl. The van der Waals surface area contributed by atoms with Gasteiger partial charge in [0.15, 0.2) is 0 Å². The highest BCUT2D eigenvalue weighted by molar-refractivity contribution is 6.33. The van der Waals surface area contributed by atoms with Crippen LogP contribution in [0, 0.1) is 5.92 Å². The monoisotopic (exact) mass is 503 g/mol. The second-order valence-corrected chi connectivity index (χ2v) is 8.97. The molecule has 184 valence electrons. The molecule has 1 saturated carbocycles. The molecule has 0 spiro atoms. The second-order valence-electron chi connectivity index (χ2n) is 8.56. The van der Waals surface area contributed by atoms with E-state index in [-0.39, 0.29) is 16.6 Å². The molecule has 0 unspecified atom stereocenters. The van der Waals surface area contributed by atoms with Gasteiger partial charge in [0.1, 0.15) is 5.75 Å². The average Bonchev–Trinajstić information content (AvgIpc) is 2.84. The van der Waals surface area contributed by atoms with Crippen LogP contribution in [0.25, 0.3) is 0 Å². The minimum Gasteiger partial charge on any atom is -0.439 e. The molecule has 0 aliphatic heterocycles. The van der Waals surface area contributed by atoms with Crippen LogP contribution in [0.3, 0.4) is 0 Å². The van der Waals surface area contributed by atoms with Crippen molar-refractivity contribution in [3.05, 3.63) is 83.0 Å². The standard InChI is InChI=1S/C26H25ClF3N3O2/c27-23-12-8-18(26(28,29)30)14-22(23)25(34)33-19-9-6-17(7-10-19)15-31-20-11-13-24(32-16-20)35-21-4-2-1-3-5-21/h1-5,8,11-14,16-17,19,31H,6-7,9-10,15H2,(H,33,34)/t17-,19-. The minimum absolute atomic E-state index is 0.00202. The summed E-state index contributed by atoms with van der Waals surface area (Å²) in [5.74, 6) is 1.07. The first-order chi connectivity index (χ1) is 16.8. The van der Waals surface area contributed by atoms with Gasteiger partial charge in [-0.1, -0.05) is 29.8 Å². The van der Waals surface area contributed by atoms with Crippen LogP contribution >= 0.6 is 11.6 Å². The Kier molecular flexibility index (Phi) is 7.80. The number of aromatic nitrogens is 1. The summed E-state index contributed by atoms with van der Waals surface area (Å²) in [5.41, 5.74) is -0.159. The fraction of sp³-hybridized carbons (Fsp3) is 0.308. The van der Waals surface area contributed by atoms with Crippen LogP contribution in [0.4, 0.5) is 18.9 Å². The summed E-state index contributed by atoms with van der Waals surface area (Å²) in [4.78, 5) is 16.9. The molecule has 0 bridgehead atoms. The molecule has 35 heavy (non-hydrogen) atoms. The van der Waals surface area contributed by atoms with Gasteiger partial charge in [0.2, 0.25) is 5.88 Å². The van der Waals surface area contributed by atoms with Gasteiger partial charge in [0.25, 0.3) is 5.91 Å². The molecule has 5 nitrogen and oxygen atoms in total. The van der Waals surface area contributed by atoms with E-state index < -0.39 is 17.6 Å². The Morgan fingerprint density at radius 2 is 1.77 bits per heavy atom. The molecule has 0 saturated heterocycles. The number of rotatable bonds is 7. The zero-order chi connectivity index (χ0) is 24.8. The number of hydrogen-bond acceptors (Lipinski definition) is 4. The zero-order valence-electron chi connectivity index (χ0n) is 18.8. The van der Waals surface area contributed by atoms with E-state index in [0.29, 0.717) is 11.8 Å². The molecule has 1 aliphatic rings. The van der Waals surface area contributed by atoms with Crippen molar-refractivity contribution in [1.29, 1.82) is 0 Å². The maximum Gasteiger partial charge on any atom is 0.416 e. The van der Waals surface area contributed by atoms with E-state index in [9.17, 15) is 18.0 Å². The molecule has 1 heterocycles. The molecule has 0 radical (unpaired) electrons. The predicted molar refractivity (Wildman–Crippen MR) is 129 cm³/mol. The number of ether oxygens (including phenoxy) is 1. The Morgan fingerprint density at radius 3 is 2.43 bits per heavy atom. The Hall–Kier alpha value is -3.26. The average molecular weight is 504 g/mol. The number of amides is 1. The lowest BCUT2D eigenvalue weighted by Gasteiger charge is -2.29. The molecule has 1 aliphatic carbocycles. The molecular weight excluding hydrogens is 479 g/mol. The number of alkyl halides is 3. The molecule has 1 fully saturated rings. The maximum absolute atomic E-state index is 13.0. The molecule has 1 aromatic heterocycles. The van der Waals surface area contributed by atoms with Gasteiger partial charge in [-0.25, -0.2) is 4.98 Å². The lowest BCUT2D eigenvalue weighted by molar-refractivity contribution is -0.137. The Labute approximate surface area is 206 Å². The van der Waals surface area contributed by atoms with E-state index >= 15 is 0 Å². The van der Waals surface area contributed by atoms with Gasteiger partial charge in [0.05, 0.1) is 28.0 Å². The number of halogens is 4. The molecule has 2 aromatic carbocycles. The summed E-state index contributed by atoms with van der Waals surface area (Å²) >= 11 is 5.98. The van der Waals surface area contributed by atoms with E-state index in [1.165, 1.54) is 0 Å². The third-order valence-electron chi connectivity index (χ3n) is 6.02. The Balaban J connectivity index is 1.23. The van der Waals surface area contributed by atoms with Crippen molar-refractivity contribution in [2.45, 2.75) is 37.9 Å². The molecule has 3 aromatic rings. The van der Waals surface area contributed by atoms with Gasteiger partial charge in [-0.2, -0.15) is 13.2 Å². The number of carbonyl (C=O) groups is 1. The van der Waals surface area contributed by atoms with E-state index in [1.54, 1.807) is 12.3 Å². The van der Waals surface area contributed by atoms with Crippen molar-refractivity contribution in [2.75, 3.05) is 11.9 Å². The number of para-hydroxylation sites is 1. The summed E-state index contributed by atoms with van der Waals surface area (Å²) in [6.07, 6.45) is 0.458. The number of nitrogens with one attached hydrogen (secondary N) is 2. The third-order valence-corrected chi connectivity index (χ3v) is 6.35. The quantitative estimate of drug-likeness (QED) is 0.366. The highest BCUT2D eigenvalue weighted by Gasteiger charge is 2.32. The smallest absolute Gasteiger partial charge is 0.416 e. The van der Waals surface area contributed by atoms with E-state index in [2.05, 4.69) is 15.6 Å². The lowest BCUT2D eigenvalue weighted by Crippen LogP contribution is -2.38. The Morgan fingerprint density at radius 1 is 1.03 bits per heavy atom. The topological polar surface area (TPSA) is 63.2 Å². The van der Waals surface area contributed by atoms with Gasteiger partial charge in [-0.3, -0.25) is 4.79 Å². The molecule has 4 rings (SSSR count). The van der Waals surface area contributed by atoms with Crippen molar-refractivity contribution in [2.24, 2.45) is 5.92 Å². The summed E-state index contributed by atoms with van der Waals surface area (Å²) in [6, 6.07) is 15.8. The number of hydrogen-bond donors (Lipinski definition) is 2. The second kappa shape index (κ2) is 11.0. The largest absolute Gasteiger partial charge is 0.439 e. The van der Waals surface area contributed by atoms with Crippen LogP contribution in [-0.2, 0) is 6.18 Å². The molecule has 0 atom stereocenters. The predicted octanol–water partition coefficient (Wildman–Crippen LogP) is 6.95. The van der Waals surface area contributed by atoms with Crippen LogP contribution in [0.1, 0.15) is 41.6 Å². The van der Waals surface area contributed by atoms with Crippen LogP contribution in [-0.4, -0.2) is 23.5 Å². The summed E-state index contributed by atoms with van der Waals surface area (Å²) in [5, 5.41) is 6.23. The molecule has 9 heteroatoms. The number of nitrogens with zero attached hydrogens (tertiary/aromatic N) is 1. The van der Waals surface area contributed by atoms with Gasteiger partial charge >= 0.3 is 6.18 Å². The minimum atomic E-state index is -4.53. The van der Waals surface area contributed by atoms with Gasteiger partial charge in [-0.05, 0) is 68.0 Å². The first-order valence-electron chi connectivity index (χ1n) is 11.4. The lowest BCUT2D eigenvalue weighted by atomic mass is 9.86. The zero-order valence-corrected chi connectivity index (χ0v) is 19.6. The van der Waals surface area contributed by atoms with Gasteiger partial charge < -0.3 is 15.4 Å². The van der Waals surface area contributed by atoms with E-state index in [1.807, 2.05) is 36.4 Å². The molecular formula is C26H25ClF3N3O2. The van der Waals surface area contributed by atoms with E-state index in [4.69, 9.17) is 16.3 Å². The number of pyridine rings is 1. The van der Waals surface area contributed by atoms with Crippen molar-refractivity contribution in [3.8, 4) is 11.6 Å². The highest BCUT2D eigenvalue weighted by atomic mass is 35.5. The summed E-state index contributed by atoms with van der Waals surface area (Å²) < 4.78 is 44.6. The van der Waals surface area contributed by atoms with Gasteiger partial charge in [-0.15, -0.1) is 0 Å². The number of benzene rings is 2. The normalized spacial score (nSPS) is 18.1. The fourth-order valence-electron chi connectivity index (χ4n) is 4.07.